The first kappa shape index (κ1) is 25.3. The number of allylic oxidation sites excluding steroid dienone is 5. The van der Waals surface area contributed by atoms with Crippen LogP contribution in [0.1, 0.15) is 58.3 Å². The second-order valence-corrected chi connectivity index (χ2v) is 7.52. The highest BCUT2D eigenvalue weighted by molar-refractivity contribution is 5.95. The summed E-state index contributed by atoms with van der Waals surface area (Å²) in [6.45, 7) is 1.51. The van der Waals surface area contributed by atoms with Gasteiger partial charge in [0.1, 0.15) is 12.7 Å². The Morgan fingerprint density at radius 2 is 2.03 bits per heavy atom. The van der Waals surface area contributed by atoms with Gasteiger partial charge in [0.15, 0.2) is 5.78 Å². The molecule has 0 unspecified atom stereocenters. The molecule has 0 spiro atoms. The van der Waals surface area contributed by atoms with Crippen molar-refractivity contribution in [3.05, 3.63) is 36.5 Å². The molecule has 1 aliphatic rings. The van der Waals surface area contributed by atoms with Crippen LogP contribution in [0.3, 0.4) is 0 Å². The van der Waals surface area contributed by atoms with Gasteiger partial charge in [-0.1, -0.05) is 56.6 Å². The molecular formula is C23H36O6. The van der Waals surface area contributed by atoms with Crippen molar-refractivity contribution in [2.75, 3.05) is 13.2 Å². The standard InChI is InChI=1S/C23H36O6/c1-2-3-6-10-19(25)13-14-21-18(12-15-22(21)27)9-7-4-5-8-11-23(28)29-17-20(26)16-24/h4,7,12-15,18-21,24-26H,2-3,5-6,8-11,16-17H2,1H3/b7-4-,14-13+/t18-,19-,20-,21+/m0/s1. The zero-order chi connectivity index (χ0) is 21.5. The SMILES string of the molecule is CCCCC[C@H](O)/C=C/[C@H]1C(=O)C=C[C@@H]1C/C=C\CCCC(=O)OC[C@@H](O)CO. The Morgan fingerprint density at radius 3 is 2.76 bits per heavy atom. The summed E-state index contributed by atoms with van der Waals surface area (Å²) in [4.78, 5) is 23.6. The first-order valence-corrected chi connectivity index (χ1v) is 10.7. The van der Waals surface area contributed by atoms with Gasteiger partial charge in [0, 0.05) is 12.3 Å². The molecule has 0 saturated carbocycles. The number of hydrogen-bond acceptors (Lipinski definition) is 6. The van der Waals surface area contributed by atoms with Gasteiger partial charge in [-0.15, -0.1) is 0 Å². The van der Waals surface area contributed by atoms with Crippen LogP contribution in [0.2, 0.25) is 0 Å². The molecule has 1 aliphatic carbocycles. The molecule has 0 amide bonds. The van der Waals surface area contributed by atoms with Gasteiger partial charge < -0.3 is 20.1 Å². The average molecular weight is 409 g/mol. The molecule has 0 aromatic heterocycles. The first-order valence-electron chi connectivity index (χ1n) is 10.7. The summed E-state index contributed by atoms with van der Waals surface area (Å²) in [6.07, 6.45) is 15.9. The quantitative estimate of drug-likeness (QED) is 0.219. The number of ketones is 1. The van der Waals surface area contributed by atoms with E-state index < -0.39 is 24.8 Å². The van der Waals surface area contributed by atoms with E-state index in [4.69, 9.17) is 14.9 Å². The van der Waals surface area contributed by atoms with E-state index in [0.717, 1.165) is 38.5 Å². The van der Waals surface area contributed by atoms with Crippen LogP contribution >= 0.6 is 0 Å². The zero-order valence-electron chi connectivity index (χ0n) is 17.4. The molecule has 3 N–H and O–H groups in total. The van der Waals surface area contributed by atoms with E-state index in [1.54, 1.807) is 12.2 Å². The molecule has 0 fully saturated rings. The number of carbonyl (C=O) groups is 2. The van der Waals surface area contributed by atoms with Crippen LogP contribution in [-0.2, 0) is 14.3 Å². The van der Waals surface area contributed by atoms with Crippen molar-refractivity contribution >= 4 is 11.8 Å². The second kappa shape index (κ2) is 15.1. The number of esters is 1. The van der Waals surface area contributed by atoms with Gasteiger partial charge in [-0.25, -0.2) is 0 Å². The number of carbonyl (C=O) groups excluding carboxylic acids is 2. The lowest BCUT2D eigenvalue weighted by Gasteiger charge is -2.13. The molecule has 0 aromatic rings. The third kappa shape index (κ3) is 11.1. The minimum absolute atomic E-state index is 0.0771. The highest BCUT2D eigenvalue weighted by Crippen LogP contribution is 2.27. The Hall–Kier alpha value is -1.76. The van der Waals surface area contributed by atoms with Crippen LogP contribution in [0, 0.1) is 11.8 Å². The predicted molar refractivity (Wildman–Crippen MR) is 112 cm³/mol. The van der Waals surface area contributed by atoms with Crippen LogP contribution in [-0.4, -0.2) is 52.5 Å². The first-order chi connectivity index (χ1) is 14.0. The van der Waals surface area contributed by atoms with Gasteiger partial charge in [-0.2, -0.15) is 0 Å². The second-order valence-electron chi connectivity index (χ2n) is 7.52. The number of rotatable bonds is 15. The van der Waals surface area contributed by atoms with Crippen LogP contribution in [0.25, 0.3) is 0 Å². The van der Waals surface area contributed by atoms with Gasteiger partial charge >= 0.3 is 5.97 Å². The average Bonchev–Trinajstić information content (AvgIpc) is 3.06. The van der Waals surface area contributed by atoms with Crippen LogP contribution in [0.15, 0.2) is 36.5 Å². The van der Waals surface area contributed by atoms with E-state index in [9.17, 15) is 14.7 Å². The Balaban J connectivity index is 2.28. The largest absolute Gasteiger partial charge is 0.463 e. The van der Waals surface area contributed by atoms with E-state index in [1.807, 2.05) is 24.3 Å². The number of aliphatic hydroxyl groups excluding tert-OH is 3. The highest BCUT2D eigenvalue weighted by atomic mass is 16.5. The number of aliphatic hydroxyl groups is 3. The van der Waals surface area contributed by atoms with E-state index >= 15 is 0 Å². The Bertz CT molecular complexity index is 566. The lowest BCUT2D eigenvalue weighted by atomic mass is 9.90. The van der Waals surface area contributed by atoms with Crippen LogP contribution in [0.4, 0.5) is 0 Å². The summed E-state index contributed by atoms with van der Waals surface area (Å²) < 4.78 is 4.84. The molecule has 0 saturated heterocycles. The van der Waals surface area contributed by atoms with Gasteiger partial charge in [0.25, 0.3) is 0 Å². The summed E-state index contributed by atoms with van der Waals surface area (Å²) in [7, 11) is 0. The Labute approximate surface area is 174 Å². The molecule has 0 bridgehead atoms. The minimum atomic E-state index is -1.03. The summed E-state index contributed by atoms with van der Waals surface area (Å²) in [6, 6.07) is 0. The lowest BCUT2D eigenvalue weighted by molar-refractivity contribution is -0.147. The zero-order valence-corrected chi connectivity index (χ0v) is 17.4. The fourth-order valence-electron chi connectivity index (χ4n) is 3.12. The molecule has 164 valence electrons. The molecule has 4 atom stereocenters. The molecule has 0 heterocycles. The van der Waals surface area contributed by atoms with Crippen molar-refractivity contribution in [2.45, 2.75) is 70.5 Å². The molecular weight excluding hydrogens is 372 g/mol. The fraction of sp³-hybridized carbons (Fsp3) is 0.652. The molecule has 29 heavy (non-hydrogen) atoms. The minimum Gasteiger partial charge on any atom is -0.463 e. The number of hydrogen-bond donors (Lipinski definition) is 3. The molecule has 0 aromatic carbocycles. The summed E-state index contributed by atoms with van der Waals surface area (Å²) in [5.41, 5.74) is 0. The third-order valence-electron chi connectivity index (χ3n) is 4.92. The van der Waals surface area contributed by atoms with Crippen molar-refractivity contribution in [1.29, 1.82) is 0 Å². The van der Waals surface area contributed by atoms with Gasteiger partial charge in [0.2, 0.25) is 0 Å². The van der Waals surface area contributed by atoms with Crippen molar-refractivity contribution in [3.8, 4) is 0 Å². The normalized spacial score (nSPS) is 21.3. The number of unbranched alkanes of at least 4 members (excludes halogenated alkanes) is 3. The monoisotopic (exact) mass is 408 g/mol. The molecule has 0 radical (unpaired) electrons. The molecule has 0 aliphatic heterocycles. The Kier molecular flexibility index (Phi) is 13.2. The maximum atomic E-state index is 12.1. The highest BCUT2D eigenvalue weighted by Gasteiger charge is 2.26. The van der Waals surface area contributed by atoms with Crippen molar-refractivity contribution in [1.82, 2.24) is 0 Å². The van der Waals surface area contributed by atoms with E-state index in [2.05, 4.69) is 6.92 Å². The molecule has 6 nitrogen and oxygen atoms in total. The molecule has 1 rings (SSSR count). The maximum Gasteiger partial charge on any atom is 0.305 e. The Morgan fingerprint density at radius 1 is 1.24 bits per heavy atom. The fourth-order valence-corrected chi connectivity index (χ4v) is 3.12. The summed E-state index contributed by atoms with van der Waals surface area (Å²) in [5.74, 6) is -0.428. The number of ether oxygens (including phenoxy) is 1. The van der Waals surface area contributed by atoms with Crippen molar-refractivity contribution in [2.24, 2.45) is 11.8 Å². The van der Waals surface area contributed by atoms with E-state index in [-0.39, 0.29) is 30.6 Å². The smallest absolute Gasteiger partial charge is 0.305 e. The van der Waals surface area contributed by atoms with Gasteiger partial charge in [-0.05, 0) is 37.7 Å². The van der Waals surface area contributed by atoms with E-state index in [1.165, 1.54) is 0 Å². The maximum absolute atomic E-state index is 12.1. The van der Waals surface area contributed by atoms with Crippen LogP contribution in [0.5, 0.6) is 0 Å². The third-order valence-corrected chi connectivity index (χ3v) is 4.92. The van der Waals surface area contributed by atoms with Crippen LogP contribution < -0.4 is 0 Å². The van der Waals surface area contributed by atoms with E-state index in [0.29, 0.717) is 6.42 Å². The van der Waals surface area contributed by atoms with Crippen molar-refractivity contribution < 1.29 is 29.6 Å². The topological polar surface area (TPSA) is 104 Å². The summed E-state index contributed by atoms with van der Waals surface area (Å²) >= 11 is 0. The van der Waals surface area contributed by atoms with Gasteiger partial charge in [0.05, 0.1) is 12.7 Å². The summed E-state index contributed by atoms with van der Waals surface area (Å²) in [5, 5.41) is 27.8. The predicted octanol–water partition coefficient (Wildman–Crippen LogP) is 2.87. The van der Waals surface area contributed by atoms with Gasteiger partial charge in [-0.3, -0.25) is 9.59 Å². The van der Waals surface area contributed by atoms with Crippen molar-refractivity contribution in [3.63, 3.8) is 0 Å². The molecule has 6 heteroatoms. The lowest BCUT2D eigenvalue weighted by Crippen LogP contribution is -2.21.